The minimum Gasteiger partial charge on any atom is -0.506 e. The summed E-state index contributed by atoms with van der Waals surface area (Å²) in [5.41, 5.74) is 4.08. The molecule has 0 aliphatic rings. The van der Waals surface area contributed by atoms with Gasteiger partial charge in [-0.1, -0.05) is 29.3 Å². The number of nitrogens with one attached hydrogen (secondary N) is 2. The first kappa shape index (κ1) is 20.4. The van der Waals surface area contributed by atoms with Gasteiger partial charge in [-0.3, -0.25) is 10.2 Å². The van der Waals surface area contributed by atoms with E-state index in [9.17, 15) is 9.90 Å². The van der Waals surface area contributed by atoms with E-state index in [-0.39, 0.29) is 17.4 Å². The van der Waals surface area contributed by atoms with Crippen LogP contribution in [0.5, 0.6) is 5.75 Å². The highest BCUT2D eigenvalue weighted by Crippen LogP contribution is 2.40. The first-order chi connectivity index (χ1) is 12.4. The summed E-state index contributed by atoms with van der Waals surface area (Å²) in [4.78, 5) is 11.7. The standard InChI is InChI=1S/C16H15Cl2N3O3S2/c1-24-13(22)7-19-16(25)21-20-5-4-10-8-26-15(14(10)23)9-2-3-11(17)12(18)6-9/h2-3,5-6,8,23H,4,7H2,1H3,(H2,19,21,25). The van der Waals surface area contributed by atoms with Crippen molar-refractivity contribution in [3.8, 4) is 16.2 Å². The molecule has 0 atom stereocenters. The number of halogens is 2. The predicted octanol–water partition coefficient (Wildman–Crippen LogP) is 3.59. The summed E-state index contributed by atoms with van der Waals surface area (Å²) in [7, 11) is 1.29. The Balaban J connectivity index is 1.93. The zero-order valence-corrected chi connectivity index (χ0v) is 16.7. The summed E-state index contributed by atoms with van der Waals surface area (Å²) < 4.78 is 4.48. The highest BCUT2D eigenvalue weighted by atomic mass is 35.5. The lowest BCUT2D eigenvalue weighted by Gasteiger charge is -2.05. The molecule has 0 bridgehead atoms. The zero-order chi connectivity index (χ0) is 19.1. The molecule has 0 saturated heterocycles. The number of benzene rings is 1. The van der Waals surface area contributed by atoms with Gasteiger partial charge in [0.2, 0.25) is 0 Å². The topological polar surface area (TPSA) is 83.0 Å². The zero-order valence-electron chi connectivity index (χ0n) is 13.6. The second kappa shape index (κ2) is 9.72. The quantitative estimate of drug-likeness (QED) is 0.280. The number of thiophene rings is 1. The molecule has 2 rings (SSSR count). The summed E-state index contributed by atoms with van der Waals surface area (Å²) in [6.45, 7) is -0.0455. The van der Waals surface area contributed by atoms with Gasteiger partial charge in [0.15, 0.2) is 5.11 Å². The maximum atomic E-state index is 11.0. The van der Waals surface area contributed by atoms with E-state index < -0.39 is 5.97 Å². The summed E-state index contributed by atoms with van der Waals surface area (Å²) in [6.07, 6.45) is 1.96. The average Bonchev–Trinajstić information content (AvgIpc) is 2.99. The molecule has 0 amide bonds. The Morgan fingerprint density at radius 3 is 2.88 bits per heavy atom. The third-order valence-electron chi connectivity index (χ3n) is 3.21. The molecule has 138 valence electrons. The first-order valence-electron chi connectivity index (χ1n) is 7.29. The van der Waals surface area contributed by atoms with Crippen molar-refractivity contribution in [1.29, 1.82) is 0 Å². The second-order valence-corrected chi connectivity index (χ2v) is 7.06. The van der Waals surface area contributed by atoms with Crippen molar-refractivity contribution < 1.29 is 14.6 Å². The molecule has 1 heterocycles. The van der Waals surface area contributed by atoms with E-state index in [1.54, 1.807) is 24.4 Å². The molecule has 0 aliphatic carbocycles. The molecule has 6 nitrogen and oxygen atoms in total. The fraction of sp³-hybridized carbons (Fsp3) is 0.188. The Hall–Kier alpha value is -1.87. The van der Waals surface area contributed by atoms with Crippen LogP contribution in [0.2, 0.25) is 10.0 Å². The van der Waals surface area contributed by atoms with Crippen LogP contribution in [-0.4, -0.2) is 36.1 Å². The smallest absolute Gasteiger partial charge is 0.325 e. The van der Waals surface area contributed by atoms with Crippen LogP contribution in [0.3, 0.4) is 0 Å². The lowest BCUT2D eigenvalue weighted by Crippen LogP contribution is -2.36. The minimum absolute atomic E-state index is 0.0455. The van der Waals surface area contributed by atoms with Crippen molar-refractivity contribution in [2.24, 2.45) is 5.10 Å². The molecule has 0 spiro atoms. The van der Waals surface area contributed by atoms with Crippen LogP contribution in [0, 0.1) is 0 Å². The van der Waals surface area contributed by atoms with Crippen LogP contribution in [0.1, 0.15) is 5.56 Å². The maximum absolute atomic E-state index is 11.0. The van der Waals surface area contributed by atoms with Gasteiger partial charge in [0.1, 0.15) is 12.3 Å². The number of thiocarbonyl (C=S) groups is 1. The predicted molar refractivity (Wildman–Crippen MR) is 109 cm³/mol. The van der Waals surface area contributed by atoms with Gasteiger partial charge in [0, 0.05) is 18.2 Å². The minimum atomic E-state index is -0.434. The summed E-state index contributed by atoms with van der Waals surface area (Å²) in [5.74, 6) is -0.262. The molecule has 0 aliphatic heterocycles. The number of hydrazone groups is 1. The number of esters is 1. The van der Waals surface area contributed by atoms with Gasteiger partial charge in [0.05, 0.1) is 22.0 Å². The molecule has 0 unspecified atom stereocenters. The number of carbonyl (C=O) groups is 1. The Labute approximate surface area is 169 Å². The van der Waals surface area contributed by atoms with Crippen LogP contribution in [-0.2, 0) is 16.0 Å². The van der Waals surface area contributed by atoms with E-state index in [4.69, 9.17) is 35.4 Å². The largest absolute Gasteiger partial charge is 0.506 e. The number of methoxy groups -OCH3 is 1. The van der Waals surface area contributed by atoms with E-state index in [1.807, 2.05) is 5.38 Å². The normalized spacial score (nSPS) is 10.7. The number of ether oxygens (including phenoxy) is 1. The van der Waals surface area contributed by atoms with Crippen molar-refractivity contribution in [1.82, 2.24) is 10.7 Å². The average molecular weight is 432 g/mol. The van der Waals surface area contributed by atoms with Crippen LogP contribution >= 0.6 is 46.8 Å². The third-order valence-corrected chi connectivity index (χ3v) is 5.25. The Kier molecular flexibility index (Phi) is 7.65. The number of hydrogen-bond acceptors (Lipinski definition) is 6. The van der Waals surface area contributed by atoms with Crippen molar-refractivity contribution >= 4 is 64.1 Å². The Bertz CT molecular complexity index is 840. The lowest BCUT2D eigenvalue weighted by atomic mass is 10.1. The van der Waals surface area contributed by atoms with E-state index in [0.717, 1.165) is 11.1 Å². The van der Waals surface area contributed by atoms with E-state index in [2.05, 4.69) is 20.6 Å². The van der Waals surface area contributed by atoms with Crippen molar-refractivity contribution in [3.05, 3.63) is 39.2 Å². The van der Waals surface area contributed by atoms with E-state index in [1.165, 1.54) is 18.4 Å². The molecular weight excluding hydrogens is 417 g/mol. The molecule has 1 aromatic heterocycles. The number of rotatable bonds is 6. The molecule has 2 aromatic rings. The number of nitrogens with zero attached hydrogens (tertiary/aromatic N) is 1. The third kappa shape index (κ3) is 5.57. The van der Waals surface area contributed by atoms with Crippen molar-refractivity contribution in [2.75, 3.05) is 13.7 Å². The molecule has 1 aromatic carbocycles. The van der Waals surface area contributed by atoms with Crippen LogP contribution < -0.4 is 10.7 Å². The first-order valence-corrected chi connectivity index (χ1v) is 9.33. The van der Waals surface area contributed by atoms with Crippen LogP contribution in [0.25, 0.3) is 10.4 Å². The lowest BCUT2D eigenvalue weighted by molar-refractivity contribution is -0.139. The van der Waals surface area contributed by atoms with Gasteiger partial charge in [-0.2, -0.15) is 5.10 Å². The second-order valence-electron chi connectivity index (χ2n) is 4.95. The fourth-order valence-electron chi connectivity index (χ4n) is 1.89. The Morgan fingerprint density at radius 1 is 1.42 bits per heavy atom. The molecular formula is C16H15Cl2N3O3S2. The van der Waals surface area contributed by atoms with Gasteiger partial charge in [-0.05, 0) is 35.3 Å². The van der Waals surface area contributed by atoms with Crippen molar-refractivity contribution in [3.63, 3.8) is 0 Å². The summed E-state index contributed by atoms with van der Waals surface area (Å²) in [6, 6.07) is 5.19. The molecule has 0 radical (unpaired) electrons. The fourth-order valence-corrected chi connectivity index (χ4v) is 3.28. The van der Waals surface area contributed by atoms with Crippen molar-refractivity contribution in [2.45, 2.75) is 6.42 Å². The van der Waals surface area contributed by atoms with Gasteiger partial charge in [-0.15, -0.1) is 11.3 Å². The number of carbonyl (C=O) groups excluding carboxylic acids is 1. The number of hydrogen-bond donors (Lipinski definition) is 3. The monoisotopic (exact) mass is 431 g/mol. The number of aromatic hydroxyl groups is 1. The SMILES string of the molecule is COC(=O)CNC(=S)NN=CCc1csc(-c2ccc(Cl)c(Cl)c2)c1O. The van der Waals surface area contributed by atoms with Gasteiger partial charge >= 0.3 is 5.97 Å². The summed E-state index contributed by atoms with van der Waals surface area (Å²) in [5, 5.41) is 19.9. The molecule has 10 heteroatoms. The van der Waals surface area contributed by atoms with Gasteiger partial charge in [0.25, 0.3) is 0 Å². The van der Waals surface area contributed by atoms with Crippen LogP contribution in [0.15, 0.2) is 28.7 Å². The van der Waals surface area contributed by atoms with Gasteiger partial charge < -0.3 is 15.2 Å². The Morgan fingerprint density at radius 2 is 2.19 bits per heavy atom. The van der Waals surface area contributed by atoms with Crippen LogP contribution in [0.4, 0.5) is 0 Å². The molecule has 0 saturated carbocycles. The van der Waals surface area contributed by atoms with E-state index >= 15 is 0 Å². The summed E-state index contributed by atoms with van der Waals surface area (Å²) >= 11 is 18.3. The van der Waals surface area contributed by atoms with Gasteiger partial charge in [-0.25, -0.2) is 0 Å². The molecule has 3 N–H and O–H groups in total. The highest BCUT2D eigenvalue weighted by Gasteiger charge is 2.13. The molecule has 0 fully saturated rings. The molecule has 26 heavy (non-hydrogen) atoms. The highest BCUT2D eigenvalue weighted by molar-refractivity contribution is 7.80. The maximum Gasteiger partial charge on any atom is 0.325 e. The van der Waals surface area contributed by atoms with E-state index in [0.29, 0.717) is 21.3 Å².